The second-order valence-corrected chi connectivity index (χ2v) is 6.09. The van der Waals surface area contributed by atoms with E-state index in [4.69, 9.17) is 0 Å². The summed E-state index contributed by atoms with van der Waals surface area (Å²) in [5.74, 6) is -0.0231. The quantitative estimate of drug-likeness (QED) is 0.790. The molecule has 3 rings (SSSR count). The number of benzene rings is 1. The molecule has 0 aliphatic rings. The molecule has 0 spiro atoms. The molecule has 0 saturated heterocycles. The summed E-state index contributed by atoms with van der Waals surface area (Å²) in [6, 6.07) is 11.9. The van der Waals surface area contributed by atoms with Crippen molar-refractivity contribution in [3.8, 4) is 0 Å². The second kappa shape index (κ2) is 5.66. The number of carbonyl (C=O) groups is 1. The van der Waals surface area contributed by atoms with Crippen molar-refractivity contribution in [1.29, 1.82) is 0 Å². The summed E-state index contributed by atoms with van der Waals surface area (Å²) in [5, 5.41) is 4.20. The van der Waals surface area contributed by atoms with Gasteiger partial charge in [-0.2, -0.15) is 0 Å². The van der Waals surface area contributed by atoms with Crippen LogP contribution in [0.5, 0.6) is 0 Å². The molecule has 1 N–H and O–H groups in total. The Kier molecular flexibility index (Phi) is 3.71. The first-order chi connectivity index (χ1) is 10.2. The van der Waals surface area contributed by atoms with Gasteiger partial charge in [0, 0.05) is 17.1 Å². The van der Waals surface area contributed by atoms with Crippen molar-refractivity contribution >= 4 is 27.3 Å². The van der Waals surface area contributed by atoms with E-state index in [9.17, 15) is 4.79 Å². The second-order valence-electron chi connectivity index (χ2n) is 5.03. The van der Waals surface area contributed by atoms with Gasteiger partial charge in [-0.1, -0.05) is 24.3 Å². The monoisotopic (exact) mass is 296 g/mol. The molecule has 0 saturated carbocycles. The van der Waals surface area contributed by atoms with Gasteiger partial charge in [0.2, 0.25) is 0 Å². The van der Waals surface area contributed by atoms with Gasteiger partial charge in [0.05, 0.1) is 10.9 Å². The van der Waals surface area contributed by atoms with E-state index in [0.717, 1.165) is 26.1 Å². The number of thiophene rings is 1. The van der Waals surface area contributed by atoms with E-state index in [2.05, 4.69) is 16.4 Å². The van der Waals surface area contributed by atoms with Crippen LogP contribution in [-0.2, 0) is 0 Å². The maximum absolute atomic E-state index is 12.5. The zero-order chi connectivity index (χ0) is 14.8. The molecular formula is C17H16N2OS. The Bertz CT molecular complexity index is 780. The summed E-state index contributed by atoms with van der Waals surface area (Å²) >= 11 is 1.54. The molecule has 2 heterocycles. The van der Waals surface area contributed by atoms with E-state index in [1.165, 1.54) is 0 Å². The molecule has 0 aliphatic carbocycles. The first kappa shape index (κ1) is 13.8. The number of nitrogens with zero attached hydrogens (tertiary/aromatic N) is 1. The van der Waals surface area contributed by atoms with Crippen LogP contribution in [0.3, 0.4) is 0 Å². The van der Waals surface area contributed by atoms with Crippen LogP contribution in [0.25, 0.3) is 10.1 Å². The Morgan fingerprint density at radius 2 is 2.05 bits per heavy atom. The van der Waals surface area contributed by atoms with Gasteiger partial charge < -0.3 is 5.32 Å². The van der Waals surface area contributed by atoms with E-state index in [0.29, 0.717) is 0 Å². The first-order valence-electron chi connectivity index (χ1n) is 6.85. The highest BCUT2D eigenvalue weighted by molar-refractivity contribution is 7.21. The number of fused-ring (bicyclic) bond motifs is 1. The largest absolute Gasteiger partial charge is 0.345 e. The number of aryl methyl sites for hydroxylation is 1. The predicted molar refractivity (Wildman–Crippen MR) is 86.7 cm³/mol. The highest BCUT2D eigenvalue weighted by Crippen LogP contribution is 2.30. The van der Waals surface area contributed by atoms with Crippen molar-refractivity contribution in [2.24, 2.45) is 0 Å². The highest BCUT2D eigenvalue weighted by atomic mass is 32.1. The minimum atomic E-state index is -0.0594. The maximum Gasteiger partial charge on any atom is 0.262 e. The molecule has 1 amide bonds. The van der Waals surface area contributed by atoms with Crippen LogP contribution in [0, 0.1) is 6.92 Å². The summed E-state index contributed by atoms with van der Waals surface area (Å²) < 4.78 is 1.15. The minimum absolute atomic E-state index is 0.0231. The van der Waals surface area contributed by atoms with Gasteiger partial charge >= 0.3 is 0 Å². The zero-order valence-electron chi connectivity index (χ0n) is 12.0. The number of carbonyl (C=O) groups excluding carboxylic acids is 1. The number of aromatic nitrogens is 1. The Morgan fingerprint density at radius 3 is 2.76 bits per heavy atom. The number of pyridine rings is 1. The van der Waals surface area contributed by atoms with Crippen molar-refractivity contribution in [2.45, 2.75) is 19.9 Å². The number of hydrogen-bond acceptors (Lipinski definition) is 3. The van der Waals surface area contributed by atoms with Gasteiger partial charge in [-0.3, -0.25) is 9.78 Å². The number of hydrogen-bond donors (Lipinski definition) is 1. The number of amides is 1. The van der Waals surface area contributed by atoms with Crippen molar-refractivity contribution in [1.82, 2.24) is 10.3 Å². The third kappa shape index (κ3) is 2.67. The van der Waals surface area contributed by atoms with Crippen LogP contribution < -0.4 is 5.32 Å². The fourth-order valence-electron chi connectivity index (χ4n) is 2.37. The van der Waals surface area contributed by atoms with E-state index < -0.39 is 0 Å². The van der Waals surface area contributed by atoms with Crippen molar-refractivity contribution in [3.63, 3.8) is 0 Å². The van der Waals surface area contributed by atoms with Crippen LogP contribution in [0.2, 0.25) is 0 Å². The van der Waals surface area contributed by atoms with Crippen LogP contribution in [0.15, 0.2) is 48.8 Å². The molecule has 1 atom stereocenters. The van der Waals surface area contributed by atoms with E-state index in [-0.39, 0.29) is 11.9 Å². The molecule has 0 aliphatic heterocycles. The summed E-state index contributed by atoms with van der Waals surface area (Å²) in [6.07, 6.45) is 3.51. The highest BCUT2D eigenvalue weighted by Gasteiger charge is 2.17. The zero-order valence-corrected chi connectivity index (χ0v) is 12.8. The summed E-state index contributed by atoms with van der Waals surface area (Å²) in [4.78, 5) is 17.4. The van der Waals surface area contributed by atoms with Crippen LogP contribution in [0.4, 0.5) is 0 Å². The molecule has 21 heavy (non-hydrogen) atoms. The average Bonchev–Trinajstić information content (AvgIpc) is 2.86. The van der Waals surface area contributed by atoms with Crippen LogP contribution in [-0.4, -0.2) is 10.9 Å². The molecular weight excluding hydrogens is 280 g/mol. The smallest absolute Gasteiger partial charge is 0.262 e. The molecule has 106 valence electrons. The van der Waals surface area contributed by atoms with Gasteiger partial charge in [-0.25, -0.2) is 0 Å². The molecule has 1 unspecified atom stereocenters. The Balaban J connectivity index is 1.86. The lowest BCUT2D eigenvalue weighted by Gasteiger charge is -2.13. The molecule has 2 aromatic heterocycles. The van der Waals surface area contributed by atoms with Crippen molar-refractivity contribution in [2.75, 3.05) is 0 Å². The summed E-state index contributed by atoms with van der Waals surface area (Å²) in [5.41, 5.74) is 2.05. The predicted octanol–water partition coefficient (Wildman–Crippen LogP) is 4.10. The van der Waals surface area contributed by atoms with Crippen LogP contribution in [0.1, 0.15) is 33.8 Å². The molecule has 4 heteroatoms. The fourth-order valence-corrected chi connectivity index (χ4v) is 3.48. The Morgan fingerprint density at radius 1 is 1.24 bits per heavy atom. The van der Waals surface area contributed by atoms with Crippen LogP contribution >= 0.6 is 11.3 Å². The fraction of sp³-hybridized carbons (Fsp3) is 0.176. The minimum Gasteiger partial charge on any atom is -0.345 e. The first-order valence-corrected chi connectivity index (χ1v) is 7.67. The standard InChI is InChI=1S/C17H16N2OS/c1-11-14-7-3-4-8-15(14)21-16(11)17(20)19-12(2)13-6-5-9-18-10-13/h3-10,12H,1-2H3,(H,19,20). The SMILES string of the molecule is Cc1c(C(=O)NC(C)c2cccnc2)sc2ccccc12. The molecule has 0 fully saturated rings. The molecule has 0 radical (unpaired) electrons. The van der Waals surface area contributed by atoms with Gasteiger partial charge in [0.25, 0.3) is 5.91 Å². The van der Waals surface area contributed by atoms with Gasteiger partial charge in [0.15, 0.2) is 0 Å². The lowest BCUT2D eigenvalue weighted by molar-refractivity contribution is 0.0943. The molecule has 0 bridgehead atoms. The lowest BCUT2D eigenvalue weighted by atomic mass is 10.1. The van der Waals surface area contributed by atoms with E-state index in [1.807, 2.05) is 44.2 Å². The topological polar surface area (TPSA) is 42.0 Å². The Hall–Kier alpha value is -2.20. The van der Waals surface area contributed by atoms with Gasteiger partial charge in [0.1, 0.15) is 0 Å². The third-order valence-electron chi connectivity index (χ3n) is 3.58. The van der Waals surface area contributed by atoms with Gasteiger partial charge in [-0.05, 0) is 42.5 Å². The number of nitrogens with one attached hydrogen (secondary N) is 1. The normalized spacial score (nSPS) is 12.3. The molecule has 3 nitrogen and oxygen atoms in total. The summed E-state index contributed by atoms with van der Waals surface area (Å²) in [7, 11) is 0. The van der Waals surface area contributed by atoms with Crippen molar-refractivity contribution in [3.05, 3.63) is 64.8 Å². The molecule has 1 aromatic carbocycles. The number of rotatable bonds is 3. The van der Waals surface area contributed by atoms with E-state index in [1.54, 1.807) is 23.7 Å². The maximum atomic E-state index is 12.5. The Labute approximate surface area is 127 Å². The van der Waals surface area contributed by atoms with Crippen molar-refractivity contribution < 1.29 is 4.79 Å². The summed E-state index contributed by atoms with van der Waals surface area (Å²) in [6.45, 7) is 3.97. The molecule has 3 aromatic rings. The van der Waals surface area contributed by atoms with E-state index >= 15 is 0 Å². The average molecular weight is 296 g/mol. The lowest BCUT2D eigenvalue weighted by Crippen LogP contribution is -2.26. The van der Waals surface area contributed by atoms with Gasteiger partial charge in [-0.15, -0.1) is 11.3 Å². The third-order valence-corrected chi connectivity index (χ3v) is 4.85.